The molecule has 1 fully saturated rings. The predicted octanol–water partition coefficient (Wildman–Crippen LogP) is 3.43. The van der Waals surface area contributed by atoms with Gasteiger partial charge in [0.15, 0.2) is 0 Å². The molecule has 0 radical (unpaired) electrons. The van der Waals surface area contributed by atoms with Crippen LogP contribution in [0.25, 0.3) is 0 Å². The highest BCUT2D eigenvalue weighted by Gasteiger charge is 2.46. The summed E-state index contributed by atoms with van der Waals surface area (Å²) in [7, 11) is 3.56. The van der Waals surface area contributed by atoms with Crippen LogP contribution in [0.3, 0.4) is 0 Å². The molecule has 174 valence electrons. The first-order chi connectivity index (χ1) is 16.1. The van der Waals surface area contributed by atoms with Crippen LogP contribution in [0.4, 0.5) is 0 Å². The summed E-state index contributed by atoms with van der Waals surface area (Å²) in [5.41, 5.74) is 2.19. The molecule has 2 amide bonds. The van der Waals surface area contributed by atoms with E-state index in [9.17, 15) is 9.59 Å². The SMILES string of the molecule is COCCN(CC(=O)N(Cc1ccco1)Cc1cccn1C)C(=O)C1CC1c1ccccc1. The molecule has 4 rings (SSSR count). The predicted molar refractivity (Wildman–Crippen MR) is 124 cm³/mol. The van der Waals surface area contributed by atoms with Gasteiger partial charge in [-0.25, -0.2) is 0 Å². The van der Waals surface area contributed by atoms with Crippen LogP contribution in [0.15, 0.2) is 71.5 Å². The third-order valence-corrected chi connectivity index (χ3v) is 6.22. The number of amides is 2. The summed E-state index contributed by atoms with van der Waals surface area (Å²) in [5.74, 6) is 0.753. The Balaban J connectivity index is 1.46. The lowest BCUT2D eigenvalue weighted by atomic mass is 10.1. The number of methoxy groups -OCH3 is 1. The summed E-state index contributed by atoms with van der Waals surface area (Å²) >= 11 is 0. The van der Waals surface area contributed by atoms with E-state index in [2.05, 4.69) is 12.1 Å². The molecule has 1 aliphatic carbocycles. The van der Waals surface area contributed by atoms with Crippen molar-refractivity contribution in [2.45, 2.75) is 25.4 Å². The first-order valence-electron chi connectivity index (χ1n) is 11.3. The van der Waals surface area contributed by atoms with Gasteiger partial charge in [0.05, 0.1) is 32.5 Å². The highest BCUT2D eigenvalue weighted by Crippen LogP contribution is 2.48. The van der Waals surface area contributed by atoms with Gasteiger partial charge in [0.2, 0.25) is 11.8 Å². The quantitative estimate of drug-likeness (QED) is 0.450. The van der Waals surface area contributed by atoms with Crippen molar-refractivity contribution in [3.8, 4) is 0 Å². The number of furan rings is 1. The van der Waals surface area contributed by atoms with E-state index in [-0.39, 0.29) is 30.2 Å². The number of hydrogen-bond donors (Lipinski definition) is 0. The second-order valence-electron chi connectivity index (χ2n) is 8.55. The second kappa shape index (κ2) is 10.5. The Morgan fingerprint density at radius 2 is 1.88 bits per heavy atom. The number of carbonyl (C=O) groups excluding carboxylic acids is 2. The maximum Gasteiger partial charge on any atom is 0.242 e. The molecule has 1 saturated carbocycles. The molecule has 2 atom stereocenters. The first kappa shape index (κ1) is 22.9. The molecule has 2 aromatic heterocycles. The lowest BCUT2D eigenvalue weighted by Gasteiger charge is -2.27. The van der Waals surface area contributed by atoms with E-state index < -0.39 is 0 Å². The smallest absolute Gasteiger partial charge is 0.242 e. The molecule has 1 aliphatic rings. The Morgan fingerprint density at radius 1 is 1.06 bits per heavy atom. The van der Waals surface area contributed by atoms with Gasteiger partial charge in [0.1, 0.15) is 5.76 Å². The molecule has 7 heteroatoms. The molecule has 3 aromatic rings. The Hall–Kier alpha value is -3.32. The number of nitrogens with zero attached hydrogens (tertiary/aromatic N) is 3. The highest BCUT2D eigenvalue weighted by molar-refractivity contribution is 5.88. The zero-order chi connectivity index (χ0) is 23.2. The fourth-order valence-corrected chi connectivity index (χ4v) is 4.18. The molecule has 0 saturated heterocycles. The summed E-state index contributed by atoms with van der Waals surface area (Å²) in [6.45, 7) is 1.58. The average Bonchev–Trinajstić information content (AvgIpc) is 3.27. The molecular weight excluding hydrogens is 418 g/mol. The zero-order valence-corrected chi connectivity index (χ0v) is 19.2. The summed E-state index contributed by atoms with van der Waals surface area (Å²) in [6, 6.07) is 17.7. The van der Waals surface area contributed by atoms with Gasteiger partial charge >= 0.3 is 0 Å². The lowest BCUT2D eigenvalue weighted by molar-refractivity contribution is -0.142. The normalized spacial score (nSPS) is 17.0. The van der Waals surface area contributed by atoms with Crippen LogP contribution in [0.5, 0.6) is 0 Å². The van der Waals surface area contributed by atoms with Crippen molar-refractivity contribution < 1.29 is 18.7 Å². The molecule has 0 N–H and O–H groups in total. The van der Waals surface area contributed by atoms with Crippen LogP contribution < -0.4 is 0 Å². The third-order valence-electron chi connectivity index (χ3n) is 6.22. The summed E-state index contributed by atoms with van der Waals surface area (Å²) in [5, 5.41) is 0. The minimum atomic E-state index is -0.117. The van der Waals surface area contributed by atoms with Crippen molar-refractivity contribution in [2.75, 3.05) is 26.8 Å². The molecule has 33 heavy (non-hydrogen) atoms. The number of aryl methyl sites for hydroxylation is 1. The number of rotatable bonds is 11. The minimum Gasteiger partial charge on any atom is -0.467 e. The molecule has 1 aromatic carbocycles. The fraction of sp³-hybridized carbons (Fsp3) is 0.385. The van der Waals surface area contributed by atoms with E-state index in [0.29, 0.717) is 32.0 Å². The van der Waals surface area contributed by atoms with E-state index in [0.717, 1.165) is 12.1 Å². The molecule has 0 bridgehead atoms. The molecule has 2 unspecified atom stereocenters. The number of ether oxygens (including phenoxy) is 1. The lowest BCUT2D eigenvalue weighted by Crippen LogP contribution is -2.44. The molecule has 0 spiro atoms. The second-order valence-corrected chi connectivity index (χ2v) is 8.55. The third kappa shape index (κ3) is 5.73. The largest absolute Gasteiger partial charge is 0.467 e. The van der Waals surface area contributed by atoms with Gasteiger partial charge in [0, 0.05) is 38.5 Å². The fourth-order valence-electron chi connectivity index (χ4n) is 4.18. The molecule has 0 aliphatic heterocycles. The highest BCUT2D eigenvalue weighted by atomic mass is 16.5. The summed E-state index contributed by atoms with van der Waals surface area (Å²) < 4.78 is 12.7. The van der Waals surface area contributed by atoms with E-state index in [1.54, 1.807) is 23.2 Å². The maximum atomic E-state index is 13.4. The van der Waals surface area contributed by atoms with Gasteiger partial charge in [0.25, 0.3) is 0 Å². The monoisotopic (exact) mass is 449 g/mol. The van der Waals surface area contributed by atoms with Crippen molar-refractivity contribution >= 4 is 11.8 Å². The van der Waals surface area contributed by atoms with Crippen LogP contribution in [0.1, 0.15) is 29.4 Å². The van der Waals surface area contributed by atoms with Gasteiger partial charge in [-0.3, -0.25) is 9.59 Å². The molecular formula is C26H31N3O4. The van der Waals surface area contributed by atoms with Crippen molar-refractivity contribution in [3.63, 3.8) is 0 Å². The maximum absolute atomic E-state index is 13.4. The van der Waals surface area contributed by atoms with Crippen LogP contribution in [0.2, 0.25) is 0 Å². The summed E-state index contributed by atoms with van der Waals surface area (Å²) in [6.07, 6.45) is 4.38. The molecule has 2 heterocycles. The van der Waals surface area contributed by atoms with E-state index in [1.165, 1.54) is 5.56 Å². The van der Waals surface area contributed by atoms with Crippen molar-refractivity contribution in [3.05, 3.63) is 84.1 Å². The standard InChI is InChI=1S/C26H31N3O4/c1-27-12-6-10-21(27)17-29(18-22-11-7-14-33-22)25(30)19-28(13-15-32-2)26(31)24-16-23(24)20-8-4-3-5-9-20/h3-12,14,23-24H,13,15-19H2,1-2H3. The van der Waals surface area contributed by atoms with Crippen LogP contribution in [-0.2, 0) is 34.5 Å². The number of hydrogen-bond acceptors (Lipinski definition) is 4. The van der Waals surface area contributed by atoms with Gasteiger partial charge in [-0.2, -0.15) is 0 Å². The van der Waals surface area contributed by atoms with Crippen LogP contribution in [-0.4, -0.2) is 53.0 Å². The first-order valence-corrected chi connectivity index (χ1v) is 11.3. The average molecular weight is 450 g/mol. The number of carbonyl (C=O) groups is 2. The van der Waals surface area contributed by atoms with Gasteiger partial charge < -0.3 is 23.5 Å². The van der Waals surface area contributed by atoms with E-state index in [4.69, 9.17) is 9.15 Å². The topological polar surface area (TPSA) is 67.9 Å². The Bertz CT molecular complexity index is 1040. The van der Waals surface area contributed by atoms with E-state index >= 15 is 0 Å². The summed E-state index contributed by atoms with van der Waals surface area (Å²) in [4.78, 5) is 30.1. The van der Waals surface area contributed by atoms with Crippen LogP contribution in [0, 0.1) is 5.92 Å². The van der Waals surface area contributed by atoms with Crippen LogP contribution >= 0.6 is 0 Å². The molecule has 7 nitrogen and oxygen atoms in total. The van der Waals surface area contributed by atoms with Crippen molar-refractivity contribution in [1.29, 1.82) is 0 Å². The van der Waals surface area contributed by atoms with Gasteiger partial charge in [-0.05, 0) is 42.2 Å². The van der Waals surface area contributed by atoms with Gasteiger partial charge in [-0.15, -0.1) is 0 Å². The Kier molecular flexibility index (Phi) is 7.29. The Morgan fingerprint density at radius 3 is 2.55 bits per heavy atom. The van der Waals surface area contributed by atoms with E-state index in [1.807, 2.05) is 60.3 Å². The number of benzene rings is 1. The van der Waals surface area contributed by atoms with Crippen molar-refractivity contribution in [2.24, 2.45) is 13.0 Å². The zero-order valence-electron chi connectivity index (χ0n) is 19.2. The Labute approximate surface area is 194 Å². The van der Waals surface area contributed by atoms with Gasteiger partial charge in [-0.1, -0.05) is 30.3 Å². The van der Waals surface area contributed by atoms with Crippen molar-refractivity contribution in [1.82, 2.24) is 14.4 Å². The minimum absolute atomic E-state index is 0.0192. The number of aromatic nitrogens is 1.